The SMILES string of the molecule is CC(C)(C)NS(=O)(=O)N1CCC(CCC(=O)O)C1. The number of carbonyl (C=O) groups is 1. The van der Waals surface area contributed by atoms with Crippen LogP contribution in [0.5, 0.6) is 0 Å². The first-order valence-electron chi connectivity index (χ1n) is 6.11. The Bertz CT molecular complexity index is 400. The van der Waals surface area contributed by atoms with Gasteiger partial charge in [0.05, 0.1) is 0 Å². The van der Waals surface area contributed by atoms with E-state index in [1.165, 1.54) is 4.31 Å². The number of aliphatic carboxylic acids is 1. The van der Waals surface area contributed by atoms with Gasteiger partial charge in [0.2, 0.25) is 0 Å². The van der Waals surface area contributed by atoms with Gasteiger partial charge in [0.25, 0.3) is 10.2 Å². The molecule has 0 spiro atoms. The van der Waals surface area contributed by atoms with Crippen LogP contribution in [0.4, 0.5) is 0 Å². The third-order valence-electron chi connectivity index (χ3n) is 2.79. The molecule has 0 amide bonds. The van der Waals surface area contributed by atoms with E-state index < -0.39 is 21.7 Å². The highest BCUT2D eigenvalue weighted by atomic mass is 32.2. The number of rotatable bonds is 5. The molecule has 1 atom stereocenters. The van der Waals surface area contributed by atoms with E-state index in [-0.39, 0.29) is 12.3 Å². The standard InChI is InChI=1S/C11H22N2O4S/c1-11(2,3)12-18(16,17)13-7-6-9(8-13)4-5-10(14)15/h9,12H,4-8H2,1-3H3,(H,14,15). The zero-order valence-electron chi connectivity index (χ0n) is 11.1. The first-order valence-corrected chi connectivity index (χ1v) is 7.55. The van der Waals surface area contributed by atoms with Crippen LogP contribution < -0.4 is 4.72 Å². The van der Waals surface area contributed by atoms with Crippen LogP contribution in [-0.2, 0) is 15.0 Å². The van der Waals surface area contributed by atoms with Crippen molar-refractivity contribution in [3.8, 4) is 0 Å². The van der Waals surface area contributed by atoms with E-state index in [0.29, 0.717) is 19.5 Å². The van der Waals surface area contributed by atoms with E-state index in [1.807, 2.05) is 0 Å². The van der Waals surface area contributed by atoms with Crippen LogP contribution in [0.15, 0.2) is 0 Å². The molecule has 7 heteroatoms. The minimum absolute atomic E-state index is 0.102. The van der Waals surface area contributed by atoms with Gasteiger partial charge in [-0.1, -0.05) is 0 Å². The number of nitrogens with one attached hydrogen (secondary N) is 1. The Hall–Kier alpha value is -0.660. The molecule has 1 rings (SSSR count). The van der Waals surface area contributed by atoms with Gasteiger partial charge >= 0.3 is 5.97 Å². The molecule has 0 aromatic rings. The fourth-order valence-corrected chi connectivity index (χ4v) is 3.69. The highest BCUT2D eigenvalue weighted by molar-refractivity contribution is 7.87. The molecule has 2 N–H and O–H groups in total. The Morgan fingerprint density at radius 2 is 2.06 bits per heavy atom. The molecule has 1 saturated heterocycles. The molecule has 106 valence electrons. The first-order chi connectivity index (χ1) is 8.10. The molecule has 1 aliphatic rings. The van der Waals surface area contributed by atoms with Crippen LogP contribution in [0.1, 0.15) is 40.0 Å². The Kier molecular flexibility index (Phi) is 4.74. The summed E-state index contributed by atoms with van der Waals surface area (Å²) >= 11 is 0. The lowest BCUT2D eigenvalue weighted by Crippen LogP contribution is -2.48. The second-order valence-electron chi connectivity index (χ2n) is 5.80. The van der Waals surface area contributed by atoms with Gasteiger partial charge in [-0.25, -0.2) is 0 Å². The van der Waals surface area contributed by atoms with Crippen molar-refractivity contribution >= 4 is 16.2 Å². The molecule has 1 unspecified atom stereocenters. The number of nitrogens with zero attached hydrogens (tertiary/aromatic N) is 1. The zero-order valence-corrected chi connectivity index (χ0v) is 12.0. The number of hydrogen-bond acceptors (Lipinski definition) is 3. The van der Waals surface area contributed by atoms with Crippen molar-refractivity contribution in [3.63, 3.8) is 0 Å². The molecule has 0 aromatic heterocycles. The summed E-state index contributed by atoms with van der Waals surface area (Å²) in [7, 11) is -3.45. The quantitative estimate of drug-likeness (QED) is 0.779. The fraction of sp³-hybridized carbons (Fsp3) is 0.909. The summed E-state index contributed by atoms with van der Waals surface area (Å²) in [6, 6.07) is 0. The van der Waals surface area contributed by atoms with Crippen molar-refractivity contribution in [2.24, 2.45) is 5.92 Å². The van der Waals surface area contributed by atoms with Gasteiger partial charge in [0, 0.05) is 25.0 Å². The Labute approximate surface area is 109 Å². The van der Waals surface area contributed by atoms with Crippen LogP contribution in [0, 0.1) is 5.92 Å². The minimum Gasteiger partial charge on any atom is -0.481 e. The Morgan fingerprint density at radius 3 is 2.56 bits per heavy atom. The van der Waals surface area contributed by atoms with E-state index >= 15 is 0 Å². The van der Waals surface area contributed by atoms with Gasteiger partial charge in [-0.3, -0.25) is 4.79 Å². The fourth-order valence-electron chi connectivity index (χ4n) is 2.03. The second kappa shape index (κ2) is 5.54. The molecule has 0 aliphatic carbocycles. The van der Waals surface area contributed by atoms with Crippen molar-refractivity contribution in [1.29, 1.82) is 0 Å². The zero-order chi connectivity index (χ0) is 14.0. The molecule has 1 aliphatic heterocycles. The van der Waals surface area contributed by atoms with E-state index in [4.69, 9.17) is 5.11 Å². The molecular formula is C11H22N2O4S. The Morgan fingerprint density at radius 1 is 1.44 bits per heavy atom. The van der Waals surface area contributed by atoms with E-state index in [1.54, 1.807) is 20.8 Å². The summed E-state index contributed by atoms with van der Waals surface area (Å²) in [5.41, 5.74) is -0.502. The van der Waals surface area contributed by atoms with Crippen LogP contribution in [0.3, 0.4) is 0 Å². The third-order valence-corrected chi connectivity index (χ3v) is 4.67. The summed E-state index contributed by atoms with van der Waals surface area (Å²) in [4.78, 5) is 10.5. The normalized spacial score (nSPS) is 22.3. The van der Waals surface area contributed by atoms with Crippen molar-refractivity contribution in [1.82, 2.24) is 9.03 Å². The number of carboxylic acids is 1. The first kappa shape index (κ1) is 15.4. The average Bonchev–Trinajstić information content (AvgIpc) is 2.59. The van der Waals surface area contributed by atoms with Crippen molar-refractivity contribution in [3.05, 3.63) is 0 Å². The molecule has 0 aromatic carbocycles. The largest absolute Gasteiger partial charge is 0.481 e. The van der Waals surface area contributed by atoms with Gasteiger partial charge in [0.15, 0.2) is 0 Å². The van der Waals surface area contributed by atoms with Gasteiger partial charge in [-0.15, -0.1) is 0 Å². The average molecular weight is 278 g/mol. The van der Waals surface area contributed by atoms with Crippen LogP contribution in [0.25, 0.3) is 0 Å². The van der Waals surface area contributed by atoms with Crippen LogP contribution in [-0.4, -0.2) is 42.4 Å². The lowest BCUT2D eigenvalue weighted by atomic mass is 10.0. The Balaban J connectivity index is 2.53. The van der Waals surface area contributed by atoms with Crippen LogP contribution in [0.2, 0.25) is 0 Å². The topological polar surface area (TPSA) is 86.7 Å². The predicted molar refractivity (Wildman–Crippen MR) is 68.4 cm³/mol. The highest BCUT2D eigenvalue weighted by Crippen LogP contribution is 2.23. The second-order valence-corrected chi connectivity index (χ2v) is 7.47. The van der Waals surface area contributed by atoms with E-state index in [2.05, 4.69) is 4.72 Å². The smallest absolute Gasteiger partial charge is 0.303 e. The van der Waals surface area contributed by atoms with Gasteiger partial charge in [0.1, 0.15) is 0 Å². The van der Waals surface area contributed by atoms with E-state index in [0.717, 1.165) is 6.42 Å². The summed E-state index contributed by atoms with van der Waals surface area (Å²) in [5, 5.41) is 8.61. The molecule has 0 saturated carbocycles. The van der Waals surface area contributed by atoms with Crippen molar-refractivity contribution < 1.29 is 18.3 Å². The summed E-state index contributed by atoms with van der Waals surface area (Å²) in [6.45, 7) is 6.27. The molecule has 18 heavy (non-hydrogen) atoms. The monoisotopic (exact) mass is 278 g/mol. The maximum atomic E-state index is 12.0. The molecule has 0 bridgehead atoms. The molecule has 1 heterocycles. The third kappa shape index (κ3) is 4.91. The maximum Gasteiger partial charge on any atom is 0.303 e. The lowest BCUT2D eigenvalue weighted by Gasteiger charge is -2.25. The maximum absolute atomic E-state index is 12.0. The predicted octanol–water partition coefficient (Wildman–Crippen LogP) is 0.806. The highest BCUT2D eigenvalue weighted by Gasteiger charge is 2.33. The summed E-state index contributed by atoms with van der Waals surface area (Å²) < 4.78 is 28.1. The number of carboxylic acid groups (broad SMARTS) is 1. The molecular weight excluding hydrogens is 256 g/mol. The molecule has 0 radical (unpaired) electrons. The van der Waals surface area contributed by atoms with Gasteiger partial charge in [-0.05, 0) is 39.5 Å². The lowest BCUT2D eigenvalue weighted by molar-refractivity contribution is -0.137. The minimum atomic E-state index is -3.45. The van der Waals surface area contributed by atoms with Crippen LogP contribution >= 0.6 is 0 Å². The van der Waals surface area contributed by atoms with Gasteiger partial charge < -0.3 is 5.11 Å². The summed E-state index contributed by atoms with van der Waals surface area (Å²) in [6.07, 6.45) is 1.38. The summed E-state index contributed by atoms with van der Waals surface area (Å²) in [5.74, 6) is -0.679. The molecule has 6 nitrogen and oxygen atoms in total. The number of hydrogen-bond donors (Lipinski definition) is 2. The van der Waals surface area contributed by atoms with Gasteiger partial charge in [-0.2, -0.15) is 17.4 Å². The van der Waals surface area contributed by atoms with E-state index in [9.17, 15) is 13.2 Å². The van der Waals surface area contributed by atoms with Crippen molar-refractivity contribution in [2.75, 3.05) is 13.1 Å². The molecule has 1 fully saturated rings. The van der Waals surface area contributed by atoms with Crippen molar-refractivity contribution in [2.45, 2.75) is 45.6 Å².